The molecule has 0 spiro atoms. The smallest absolute Gasteiger partial charge is 0.159 e. The third-order valence-corrected chi connectivity index (χ3v) is 5.70. The minimum absolute atomic E-state index is 0. The minimum Gasteiger partial charge on any atom is -0.376 e. The molecule has 0 aliphatic heterocycles. The molecule has 0 amide bonds. The molecule has 0 heterocycles. The Bertz CT molecular complexity index is 1270. The fraction of sp³-hybridized carbons (Fsp3) is 0.156. The Kier molecular flexibility index (Phi) is 15.6. The van der Waals surface area contributed by atoms with Gasteiger partial charge in [0.1, 0.15) is 0 Å². The van der Waals surface area contributed by atoms with Gasteiger partial charge in [0.2, 0.25) is 0 Å². The van der Waals surface area contributed by atoms with E-state index in [9.17, 15) is 9.59 Å². The van der Waals surface area contributed by atoms with Crippen LogP contribution in [0.2, 0.25) is 0 Å². The fourth-order valence-corrected chi connectivity index (χ4v) is 3.85. The zero-order valence-electron chi connectivity index (χ0n) is 21.9. The number of Topliss-reactive ketones (excluding diaryl/α,β-unsaturated/α-hetero) is 1. The summed E-state index contributed by atoms with van der Waals surface area (Å²) < 4.78 is 0. The van der Waals surface area contributed by atoms with E-state index in [-0.39, 0.29) is 78.6 Å². The van der Waals surface area contributed by atoms with E-state index in [0.29, 0.717) is 5.56 Å². The normalized spacial score (nSPS) is 9.36. The van der Waals surface area contributed by atoms with Crippen molar-refractivity contribution in [3.63, 3.8) is 0 Å². The van der Waals surface area contributed by atoms with Gasteiger partial charge in [-0.05, 0) is 36.6 Å². The zero-order valence-corrected chi connectivity index (χ0v) is 27.6. The number of rotatable bonds is 4. The van der Waals surface area contributed by atoms with Crippen LogP contribution >= 0.6 is 0 Å². The number of ketones is 1. The van der Waals surface area contributed by atoms with Crippen LogP contribution in [0.25, 0.3) is 22.3 Å². The maximum atomic E-state index is 11.4. The van der Waals surface area contributed by atoms with Gasteiger partial charge in [-0.2, -0.15) is 77.4 Å². The maximum Gasteiger partial charge on any atom is 0.159 e. The van der Waals surface area contributed by atoms with E-state index < -0.39 is 0 Å². The van der Waals surface area contributed by atoms with Crippen molar-refractivity contribution in [2.75, 3.05) is 0 Å². The van der Waals surface area contributed by atoms with Gasteiger partial charge in [-0.25, -0.2) is 0 Å². The largest absolute Gasteiger partial charge is 0.376 e. The number of benzene rings is 4. The molecular formula is C32H30O2Y2-4. The summed E-state index contributed by atoms with van der Waals surface area (Å²) in [6.07, 6.45) is 1.89. The molecule has 0 saturated carbocycles. The number of carbonyl (C=O) groups is 1. The predicted octanol–water partition coefficient (Wildman–Crippen LogP) is 7.65. The van der Waals surface area contributed by atoms with E-state index in [0.717, 1.165) is 27.8 Å². The number of hydrogen-bond donors (Lipinski definition) is 0. The van der Waals surface area contributed by atoms with Crippen molar-refractivity contribution in [2.45, 2.75) is 34.6 Å². The average molecular weight is 624 g/mol. The average Bonchev–Trinajstić information content (AvgIpc) is 2.80. The summed E-state index contributed by atoms with van der Waals surface area (Å²) in [6.45, 7) is 9.74. The topological polar surface area (TPSA) is 34.1 Å². The number of aryl methyl sites for hydroxylation is 4. The third-order valence-electron chi connectivity index (χ3n) is 5.70. The van der Waals surface area contributed by atoms with Gasteiger partial charge in [-0.1, -0.05) is 38.5 Å². The van der Waals surface area contributed by atoms with Crippen molar-refractivity contribution in [1.82, 2.24) is 0 Å². The van der Waals surface area contributed by atoms with Gasteiger partial charge >= 0.3 is 0 Å². The van der Waals surface area contributed by atoms with Crippen molar-refractivity contribution in [3.8, 4) is 22.3 Å². The first kappa shape index (κ1) is 34.4. The van der Waals surface area contributed by atoms with Crippen LogP contribution in [0.5, 0.6) is 0 Å². The molecule has 0 aromatic heterocycles. The van der Waals surface area contributed by atoms with Crippen molar-refractivity contribution < 1.29 is 75.0 Å². The summed E-state index contributed by atoms with van der Waals surface area (Å²) in [5.41, 5.74) is 10.6. The summed E-state index contributed by atoms with van der Waals surface area (Å²) in [6, 6.07) is 29.5. The molecule has 4 heteroatoms. The third kappa shape index (κ3) is 8.77. The standard InChI is InChI=1S/C17H15O2.C14H12.CH3.2Y/c1-11-8-14(10-18)4-6-16(11)17-7-5-15(13(3)19)9-12(17)2;1-11-7-3-5-9-13(11)14-10-6-4-8-12(14)2;;;/h4-9H,1-3H3;5-10H,1-2H3;1H3;;/q-1;-2;-1;;. The molecule has 4 aromatic rings. The summed E-state index contributed by atoms with van der Waals surface area (Å²) in [4.78, 5) is 22.0. The van der Waals surface area contributed by atoms with Crippen LogP contribution in [0, 0.1) is 47.3 Å². The van der Waals surface area contributed by atoms with Crippen LogP contribution in [0.3, 0.4) is 0 Å². The quantitative estimate of drug-likeness (QED) is 0.173. The molecule has 4 aromatic carbocycles. The minimum atomic E-state index is 0. The molecule has 36 heavy (non-hydrogen) atoms. The summed E-state index contributed by atoms with van der Waals surface area (Å²) in [5.74, 6) is 0.0669. The van der Waals surface area contributed by atoms with Crippen molar-refractivity contribution in [3.05, 3.63) is 126 Å². The Balaban J connectivity index is 0.000000650. The van der Waals surface area contributed by atoms with Crippen LogP contribution < -0.4 is 0 Å². The van der Waals surface area contributed by atoms with Crippen molar-refractivity contribution >= 4 is 12.1 Å². The molecule has 0 aliphatic carbocycles. The summed E-state index contributed by atoms with van der Waals surface area (Å²) >= 11 is 0. The monoisotopic (exact) mass is 624 g/mol. The fourth-order valence-electron chi connectivity index (χ4n) is 3.85. The van der Waals surface area contributed by atoms with Gasteiger partial charge < -0.3 is 12.2 Å². The van der Waals surface area contributed by atoms with Crippen LogP contribution in [-0.2, 0) is 70.2 Å². The van der Waals surface area contributed by atoms with Crippen molar-refractivity contribution in [1.29, 1.82) is 0 Å². The molecule has 4 rings (SSSR count). The molecule has 180 valence electrons. The first-order valence-electron chi connectivity index (χ1n) is 10.9. The van der Waals surface area contributed by atoms with Gasteiger partial charge in [0.15, 0.2) is 5.78 Å². The van der Waals surface area contributed by atoms with Gasteiger partial charge in [-0.15, -0.1) is 17.2 Å². The Morgan fingerprint density at radius 3 is 1.50 bits per heavy atom. The second-order valence-corrected chi connectivity index (χ2v) is 8.20. The molecule has 0 unspecified atom stereocenters. The van der Waals surface area contributed by atoms with Gasteiger partial charge in [-0.3, -0.25) is 4.79 Å². The summed E-state index contributed by atoms with van der Waals surface area (Å²) in [7, 11) is 0. The van der Waals surface area contributed by atoms with Gasteiger partial charge in [0.25, 0.3) is 0 Å². The van der Waals surface area contributed by atoms with Crippen LogP contribution in [0.15, 0.2) is 72.8 Å². The van der Waals surface area contributed by atoms with Crippen LogP contribution in [-0.4, -0.2) is 12.1 Å². The maximum absolute atomic E-state index is 11.4. The van der Waals surface area contributed by atoms with E-state index in [1.54, 1.807) is 13.0 Å². The first-order chi connectivity index (χ1) is 15.8. The molecule has 0 fully saturated rings. The SMILES string of the molecule is CC(=O)c1ccc(-c2ccc([C-]=O)cc2C)c(C)c1.Cc1c[c-]ccc1-c1cc[c-]cc1C.[CH3-].[Y].[Y]. The van der Waals surface area contributed by atoms with E-state index in [1.165, 1.54) is 22.3 Å². The Morgan fingerprint density at radius 2 is 1.11 bits per heavy atom. The zero-order chi connectivity index (χ0) is 24.0. The van der Waals surface area contributed by atoms with Crippen molar-refractivity contribution in [2.24, 2.45) is 0 Å². The molecule has 0 bridgehead atoms. The van der Waals surface area contributed by atoms with Gasteiger partial charge in [0.05, 0.1) is 6.29 Å². The molecule has 0 N–H and O–H groups in total. The number of carbonyl (C=O) groups excluding carboxylic acids is 2. The van der Waals surface area contributed by atoms with Gasteiger partial charge in [0, 0.05) is 71.0 Å². The second-order valence-electron chi connectivity index (χ2n) is 8.20. The van der Waals surface area contributed by atoms with Crippen LogP contribution in [0.4, 0.5) is 0 Å². The van der Waals surface area contributed by atoms with E-state index in [4.69, 9.17) is 0 Å². The van der Waals surface area contributed by atoms with E-state index in [1.807, 2.05) is 74.7 Å². The van der Waals surface area contributed by atoms with E-state index in [2.05, 4.69) is 38.1 Å². The Hall–Kier alpha value is -1.57. The first-order valence-corrected chi connectivity index (χ1v) is 10.9. The molecule has 0 atom stereocenters. The second kappa shape index (κ2) is 16.3. The summed E-state index contributed by atoms with van der Waals surface area (Å²) in [5, 5.41) is 0. The Labute approximate surface area is 267 Å². The van der Waals surface area contributed by atoms with Crippen LogP contribution in [0.1, 0.15) is 45.1 Å². The number of hydrogen-bond acceptors (Lipinski definition) is 2. The molecule has 0 saturated heterocycles. The Morgan fingerprint density at radius 1 is 0.667 bits per heavy atom. The molecule has 2 nitrogen and oxygen atoms in total. The molecule has 2 radical (unpaired) electrons. The molecule has 0 aliphatic rings. The van der Waals surface area contributed by atoms with E-state index >= 15 is 0 Å². The predicted molar refractivity (Wildman–Crippen MR) is 142 cm³/mol. The molecular weight excluding hydrogens is 594 g/mol.